The van der Waals surface area contributed by atoms with Crippen LogP contribution in [0.3, 0.4) is 0 Å². The Bertz CT molecular complexity index is 1340. The summed E-state index contributed by atoms with van der Waals surface area (Å²) in [6, 6.07) is 6.50. The third-order valence-electron chi connectivity index (χ3n) is 7.61. The van der Waals surface area contributed by atoms with E-state index in [1.807, 2.05) is 23.5 Å². The second kappa shape index (κ2) is 6.54. The van der Waals surface area contributed by atoms with E-state index < -0.39 is 0 Å². The number of aromatic amines is 1. The predicted octanol–water partition coefficient (Wildman–Crippen LogP) is 3.20. The van der Waals surface area contributed by atoms with Gasteiger partial charge >= 0.3 is 0 Å². The Morgan fingerprint density at radius 3 is 2.97 bits per heavy atom. The van der Waals surface area contributed by atoms with E-state index in [0.717, 1.165) is 84.9 Å². The minimum absolute atomic E-state index is 0.0538. The van der Waals surface area contributed by atoms with Crippen molar-refractivity contribution in [1.82, 2.24) is 34.4 Å². The number of rotatable bonds is 5. The Kier molecular flexibility index (Phi) is 3.72. The van der Waals surface area contributed by atoms with Crippen LogP contribution in [0.2, 0.25) is 0 Å². The van der Waals surface area contributed by atoms with E-state index >= 15 is 0 Å². The second-order valence-corrected chi connectivity index (χ2v) is 9.66. The molecule has 1 spiro atoms. The predicted molar refractivity (Wildman–Crippen MR) is 120 cm³/mol. The molecule has 1 N–H and O–H groups in total. The molecule has 0 aromatic carbocycles. The summed E-state index contributed by atoms with van der Waals surface area (Å²) in [5.41, 5.74) is 6.43. The standard InChI is InChI=1S/C24H25N7O/c32-15-29-7-4-24(14-29)5-8-30-22(24)10-20(28-30)17-9-18-19(12-26-23(18)25-11-17)21-3-6-27-31(21)13-16-1-2-16/h3,6,9-12,15-16H,1-2,4-5,7-8,13-14H2,(H,25,26). The number of likely N-dealkylation sites (tertiary alicyclic amines) is 1. The Morgan fingerprint density at radius 1 is 1.22 bits per heavy atom. The Labute approximate surface area is 185 Å². The van der Waals surface area contributed by atoms with E-state index in [9.17, 15) is 4.79 Å². The van der Waals surface area contributed by atoms with E-state index in [4.69, 9.17) is 10.1 Å². The van der Waals surface area contributed by atoms with Gasteiger partial charge in [0.05, 0.1) is 11.4 Å². The number of nitrogens with one attached hydrogen (secondary N) is 1. The van der Waals surface area contributed by atoms with E-state index in [1.54, 1.807) is 0 Å². The van der Waals surface area contributed by atoms with Gasteiger partial charge in [-0.25, -0.2) is 4.98 Å². The first-order valence-electron chi connectivity index (χ1n) is 11.5. The first kappa shape index (κ1) is 18.2. The minimum Gasteiger partial charge on any atom is -0.345 e. The molecule has 1 amide bonds. The van der Waals surface area contributed by atoms with Crippen LogP contribution in [0.15, 0.2) is 36.8 Å². The molecule has 3 aliphatic rings. The van der Waals surface area contributed by atoms with Crippen molar-refractivity contribution in [3.63, 3.8) is 0 Å². The summed E-state index contributed by atoms with van der Waals surface area (Å²) in [5.74, 6) is 0.763. The van der Waals surface area contributed by atoms with Crippen LogP contribution in [0.25, 0.3) is 33.5 Å². The molecule has 32 heavy (non-hydrogen) atoms. The van der Waals surface area contributed by atoms with Crippen LogP contribution in [-0.2, 0) is 23.3 Å². The molecular weight excluding hydrogens is 402 g/mol. The lowest BCUT2D eigenvalue weighted by Gasteiger charge is -2.21. The molecule has 1 saturated carbocycles. The molecule has 1 atom stereocenters. The molecule has 0 radical (unpaired) electrons. The van der Waals surface area contributed by atoms with Crippen LogP contribution in [0.1, 0.15) is 31.4 Å². The van der Waals surface area contributed by atoms with Gasteiger partial charge in [0.15, 0.2) is 0 Å². The highest BCUT2D eigenvalue weighted by molar-refractivity contribution is 5.94. The summed E-state index contributed by atoms with van der Waals surface area (Å²) < 4.78 is 4.26. The fraction of sp³-hybridized carbons (Fsp3) is 0.417. The number of H-pyrrole nitrogens is 1. The lowest BCUT2D eigenvalue weighted by atomic mass is 9.82. The third-order valence-corrected chi connectivity index (χ3v) is 7.61. The summed E-state index contributed by atoms with van der Waals surface area (Å²) in [5, 5.41) is 10.6. The average Bonchev–Trinajstić information content (AvgIpc) is 3.28. The summed E-state index contributed by atoms with van der Waals surface area (Å²) in [6.07, 6.45) is 11.5. The third kappa shape index (κ3) is 2.68. The largest absolute Gasteiger partial charge is 0.345 e. The van der Waals surface area contributed by atoms with Gasteiger partial charge in [0.25, 0.3) is 0 Å². The number of aromatic nitrogens is 6. The highest BCUT2D eigenvalue weighted by Gasteiger charge is 2.45. The van der Waals surface area contributed by atoms with E-state index in [1.165, 1.54) is 18.5 Å². The van der Waals surface area contributed by atoms with Crippen molar-refractivity contribution in [3.8, 4) is 22.5 Å². The van der Waals surface area contributed by atoms with Crippen LogP contribution < -0.4 is 0 Å². The van der Waals surface area contributed by atoms with Gasteiger partial charge in [-0.15, -0.1) is 0 Å². The second-order valence-electron chi connectivity index (χ2n) is 9.66. The number of carbonyl (C=O) groups excluding carboxylic acids is 1. The Balaban J connectivity index is 1.27. The molecule has 2 aliphatic heterocycles. The van der Waals surface area contributed by atoms with Gasteiger partial charge in [0.1, 0.15) is 5.65 Å². The number of amides is 1. The van der Waals surface area contributed by atoms with Gasteiger partial charge in [0, 0.05) is 72.4 Å². The zero-order valence-corrected chi connectivity index (χ0v) is 17.9. The zero-order valence-electron chi connectivity index (χ0n) is 17.9. The normalized spacial score (nSPS) is 22.3. The van der Waals surface area contributed by atoms with Gasteiger partial charge in [-0.05, 0) is 49.8 Å². The molecule has 1 saturated heterocycles. The van der Waals surface area contributed by atoms with Crippen LogP contribution in [0.4, 0.5) is 0 Å². The van der Waals surface area contributed by atoms with Crippen molar-refractivity contribution in [2.75, 3.05) is 13.1 Å². The highest BCUT2D eigenvalue weighted by Crippen LogP contribution is 2.43. The maximum Gasteiger partial charge on any atom is 0.209 e. The van der Waals surface area contributed by atoms with Crippen molar-refractivity contribution in [1.29, 1.82) is 0 Å². The molecule has 2 fully saturated rings. The fourth-order valence-corrected chi connectivity index (χ4v) is 5.62. The first-order chi connectivity index (χ1) is 15.7. The van der Waals surface area contributed by atoms with Crippen molar-refractivity contribution >= 4 is 17.4 Å². The number of hydrogen-bond acceptors (Lipinski definition) is 4. The van der Waals surface area contributed by atoms with Gasteiger partial charge in [0.2, 0.25) is 6.41 Å². The number of hydrogen-bond donors (Lipinski definition) is 1. The van der Waals surface area contributed by atoms with Gasteiger partial charge in [-0.3, -0.25) is 14.2 Å². The molecular formula is C24H25N7O. The summed E-state index contributed by atoms with van der Waals surface area (Å²) in [6.45, 7) is 3.52. The van der Waals surface area contributed by atoms with E-state index in [-0.39, 0.29) is 5.41 Å². The highest BCUT2D eigenvalue weighted by atomic mass is 16.1. The van der Waals surface area contributed by atoms with Crippen LogP contribution in [0.5, 0.6) is 0 Å². The zero-order chi connectivity index (χ0) is 21.3. The fourth-order valence-electron chi connectivity index (χ4n) is 5.62. The first-order valence-corrected chi connectivity index (χ1v) is 11.5. The number of carbonyl (C=O) groups is 1. The Morgan fingerprint density at radius 2 is 2.12 bits per heavy atom. The number of aryl methyl sites for hydroxylation is 1. The van der Waals surface area contributed by atoms with E-state index in [0.29, 0.717) is 0 Å². The smallest absolute Gasteiger partial charge is 0.209 e. The lowest BCUT2D eigenvalue weighted by Crippen LogP contribution is -2.28. The van der Waals surface area contributed by atoms with Gasteiger partial charge < -0.3 is 9.88 Å². The molecule has 0 bridgehead atoms. The minimum atomic E-state index is 0.0538. The molecule has 1 unspecified atom stereocenters. The molecule has 8 nitrogen and oxygen atoms in total. The molecule has 7 rings (SSSR count). The monoisotopic (exact) mass is 427 g/mol. The molecule has 162 valence electrons. The maximum absolute atomic E-state index is 11.3. The quantitative estimate of drug-likeness (QED) is 0.496. The van der Waals surface area contributed by atoms with Crippen LogP contribution >= 0.6 is 0 Å². The van der Waals surface area contributed by atoms with E-state index in [2.05, 4.69) is 37.6 Å². The van der Waals surface area contributed by atoms with Crippen LogP contribution in [0, 0.1) is 5.92 Å². The maximum atomic E-state index is 11.3. The van der Waals surface area contributed by atoms with Gasteiger partial charge in [-0.2, -0.15) is 10.2 Å². The van der Waals surface area contributed by atoms with Gasteiger partial charge in [-0.1, -0.05) is 0 Å². The number of fused-ring (bicyclic) bond motifs is 3. The molecule has 1 aliphatic carbocycles. The summed E-state index contributed by atoms with van der Waals surface area (Å²) in [4.78, 5) is 21.2. The van der Waals surface area contributed by atoms with Crippen molar-refractivity contribution in [2.24, 2.45) is 5.92 Å². The van der Waals surface area contributed by atoms with Crippen LogP contribution in [-0.4, -0.2) is 53.9 Å². The molecule has 6 heterocycles. The SMILES string of the molecule is O=CN1CCC2(CCn3nc(-c4cnc5[nH]cc(-c6ccnn6CC6CC6)c5c4)cc32)C1. The van der Waals surface area contributed by atoms with Crippen molar-refractivity contribution in [3.05, 3.63) is 42.5 Å². The average molecular weight is 428 g/mol. The topological polar surface area (TPSA) is 84.6 Å². The Hall–Kier alpha value is -3.42. The van der Waals surface area contributed by atoms with Crippen molar-refractivity contribution in [2.45, 2.75) is 44.2 Å². The summed E-state index contributed by atoms with van der Waals surface area (Å²) >= 11 is 0. The summed E-state index contributed by atoms with van der Waals surface area (Å²) in [7, 11) is 0. The number of nitrogens with zero attached hydrogens (tertiary/aromatic N) is 6. The lowest BCUT2D eigenvalue weighted by molar-refractivity contribution is -0.117. The molecule has 4 aromatic heterocycles. The molecule has 4 aromatic rings. The molecule has 8 heteroatoms. The van der Waals surface area contributed by atoms with Crippen molar-refractivity contribution < 1.29 is 4.79 Å². The number of pyridine rings is 1.